The first-order chi connectivity index (χ1) is 11.2. The molecule has 2 saturated heterocycles. The van der Waals surface area contributed by atoms with E-state index >= 15 is 0 Å². The molecule has 0 saturated carbocycles. The normalized spacial score (nSPS) is 30.7. The number of carbonyl (C=O) groups is 1. The summed E-state index contributed by atoms with van der Waals surface area (Å²) in [5.74, 6) is 0.983. The summed E-state index contributed by atoms with van der Waals surface area (Å²) in [4.78, 5) is 15.3. The van der Waals surface area contributed by atoms with Gasteiger partial charge in [0.05, 0.1) is 0 Å². The molecule has 2 fully saturated rings. The Kier molecular flexibility index (Phi) is 3.73. The fourth-order valence-corrected chi connectivity index (χ4v) is 5.03. The minimum absolute atomic E-state index is 0.162. The molecule has 2 heterocycles. The van der Waals surface area contributed by atoms with Crippen LogP contribution in [-0.4, -0.2) is 29.8 Å². The number of hydrogen-bond donors (Lipinski definition) is 0. The van der Waals surface area contributed by atoms with Crippen LogP contribution in [0.2, 0.25) is 0 Å². The van der Waals surface area contributed by atoms with Gasteiger partial charge in [-0.05, 0) is 48.6 Å². The number of piperidine rings is 1. The zero-order valence-corrected chi connectivity index (χ0v) is 14.0. The lowest BCUT2D eigenvalue weighted by Gasteiger charge is -2.42. The molecule has 4 atom stereocenters. The first kappa shape index (κ1) is 14.9. The zero-order chi connectivity index (χ0) is 16.0. The molecule has 2 bridgehead atoms. The fourth-order valence-electron chi connectivity index (χ4n) is 5.03. The lowest BCUT2D eigenvalue weighted by Crippen LogP contribution is -2.48. The predicted molar refractivity (Wildman–Crippen MR) is 94.7 cm³/mol. The summed E-state index contributed by atoms with van der Waals surface area (Å²) in [7, 11) is 2.22. The molecular formula is C21H25NO. The van der Waals surface area contributed by atoms with Gasteiger partial charge in [-0.3, -0.25) is 9.69 Å². The Balaban J connectivity index is 1.83. The predicted octanol–water partition coefficient (Wildman–Crippen LogP) is 4.39. The van der Waals surface area contributed by atoms with Crippen molar-refractivity contribution in [1.29, 1.82) is 0 Å². The van der Waals surface area contributed by atoms with Crippen molar-refractivity contribution < 1.29 is 4.79 Å². The third-order valence-corrected chi connectivity index (χ3v) is 6.21. The van der Waals surface area contributed by atoms with Crippen molar-refractivity contribution in [3.05, 3.63) is 48.0 Å². The standard InChI is InChI=1S/C21H25NO/c1-3-20(23)21-18(13-15-11-12-19(21)22(15)2)17-10-6-8-14-7-4-5-9-16(14)17/h4-10,15,18-19,21H,3,11-13H2,1-2H3/t15-,18+,19+,21-/m0/s1. The first-order valence-corrected chi connectivity index (χ1v) is 8.93. The maximum Gasteiger partial charge on any atom is 0.137 e. The van der Waals surface area contributed by atoms with Crippen LogP contribution in [0.15, 0.2) is 42.5 Å². The molecule has 2 nitrogen and oxygen atoms in total. The largest absolute Gasteiger partial charge is 0.300 e. The monoisotopic (exact) mass is 307 g/mol. The molecule has 23 heavy (non-hydrogen) atoms. The van der Waals surface area contributed by atoms with Crippen LogP contribution >= 0.6 is 0 Å². The summed E-state index contributed by atoms with van der Waals surface area (Å²) in [6.07, 6.45) is 4.20. The lowest BCUT2D eigenvalue weighted by molar-refractivity contribution is -0.126. The van der Waals surface area contributed by atoms with Gasteiger partial charge < -0.3 is 0 Å². The van der Waals surface area contributed by atoms with E-state index in [0.717, 1.165) is 6.42 Å². The summed E-state index contributed by atoms with van der Waals surface area (Å²) in [6, 6.07) is 16.3. The van der Waals surface area contributed by atoms with E-state index in [4.69, 9.17) is 0 Å². The Morgan fingerprint density at radius 2 is 1.91 bits per heavy atom. The van der Waals surface area contributed by atoms with Crippen molar-refractivity contribution >= 4 is 16.6 Å². The molecule has 0 unspecified atom stereocenters. The molecule has 0 aromatic heterocycles. The second-order valence-electron chi connectivity index (χ2n) is 7.22. The highest BCUT2D eigenvalue weighted by Crippen LogP contribution is 2.48. The van der Waals surface area contributed by atoms with Gasteiger partial charge in [-0.25, -0.2) is 0 Å². The fraction of sp³-hybridized carbons (Fsp3) is 0.476. The zero-order valence-electron chi connectivity index (χ0n) is 14.0. The van der Waals surface area contributed by atoms with E-state index in [1.54, 1.807) is 0 Å². The number of Topliss-reactive ketones (excluding diaryl/α,β-unsaturated/α-hetero) is 1. The van der Waals surface area contributed by atoms with Gasteiger partial charge in [0.15, 0.2) is 0 Å². The lowest BCUT2D eigenvalue weighted by atomic mass is 9.72. The molecule has 0 spiro atoms. The maximum absolute atomic E-state index is 12.8. The number of nitrogens with zero attached hydrogens (tertiary/aromatic N) is 1. The number of fused-ring (bicyclic) bond motifs is 3. The van der Waals surface area contributed by atoms with E-state index in [2.05, 4.69) is 54.4 Å². The molecule has 2 aromatic carbocycles. The molecule has 2 aliphatic heterocycles. The van der Waals surface area contributed by atoms with Crippen LogP contribution in [-0.2, 0) is 4.79 Å². The van der Waals surface area contributed by atoms with Crippen LogP contribution in [0.25, 0.3) is 10.8 Å². The molecule has 4 rings (SSSR count). The van der Waals surface area contributed by atoms with E-state index in [-0.39, 0.29) is 5.92 Å². The third kappa shape index (κ3) is 2.31. The Morgan fingerprint density at radius 1 is 1.13 bits per heavy atom. The van der Waals surface area contributed by atoms with Crippen molar-refractivity contribution in [1.82, 2.24) is 4.90 Å². The molecule has 0 radical (unpaired) electrons. The number of benzene rings is 2. The molecule has 0 N–H and O–H groups in total. The highest BCUT2D eigenvalue weighted by atomic mass is 16.1. The minimum atomic E-state index is 0.162. The number of rotatable bonds is 3. The Labute approximate surface area is 138 Å². The highest BCUT2D eigenvalue weighted by molar-refractivity contribution is 5.88. The second kappa shape index (κ2) is 5.76. The van der Waals surface area contributed by atoms with Crippen molar-refractivity contribution in [3.63, 3.8) is 0 Å². The van der Waals surface area contributed by atoms with Gasteiger partial charge in [0.2, 0.25) is 0 Å². The summed E-state index contributed by atoms with van der Waals surface area (Å²) in [5.41, 5.74) is 1.39. The molecule has 0 amide bonds. The molecule has 0 aliphatic carbocycles. The minimum Gasteiger partial charge on any atom is -0.300 e. The summed E-state index contributed by atoms with van der Waals surface area (Å²) < 4.78 is 0. The number of carbonyl (C=O) groups excluding carboxylic acids is 1. The van der Waals surface area contributed by atoms with Gasteiger partial charge in [0.25, 0.3) is 0 Å². The maximum atomic E-state index is 12.8. The van der Waals surface area contributed by atoms with Crippen LogP contribution in [0.4, 0.5) is 0 Å². The number of hydrogen-bond acceptors (Lipinski definition) is 2. The van der Waals surface area contributed by atoms with Crippen molar-refractivity contribution in [2.24, 2.45) is 5.92 Å². The van der Waals surface area contributed by atoms with Crippen LogP contribution in [0.1, 0.15) is 44.1 Å². The average Bonchev–Trinajstić information content (AvgIpc) is 2.83. The first-order valence-electron chi connectivity index (χ1n) is 8.93. The van der Waals surface area contributed by atoms with Gasteiger partial charge in [-0.1, -0.05) is 49.4 Å². The van der Waals surface area contributed by atoms with Crippen molar-refractivity contribution in [2.75, 3.05) is 7.05 Å². The van der Waals surface area contributed by atoms with E-state index in [1.165, 1.54) is 29.2 Å². The smallest absolute Gasteiger partial charge is 0.137 e. The molecule has 120 valence electrons. The molecule has 2 aliphatic rings. The van der Waals surface area contributed by atoms with Crippen LogP contribution in [0.3, 0.4) is 0 Å². The summed E-state index contributed by atoms with van der Waals surface area (Å²) in [6.45, 7) is 2.02. The molecular weight excluding hydrogens is 282 g/mol. The quantitative estimate of drug-likeness (QED) is 0.838. The Morgan fingerprint density at radius 3 is 2.74 bits per heavy atom. The molecule has 2 heteroatoms. The van der Waals surface area contributed by atoms with E-state index in [9.17, 15) is 4.79 Å². The Bertz CT molecular complexity index is 732. The summed E-state index contributed by atoms with van der Waals surface area (Å²) >= 11 is 0. The van der Waals surface area contributed by atoms with Gasteiger partial charge in [-0.2, -0.15) is 0 Å². The van der Waals surface area contributed by atoms with Gasteiger partial charge in [0, 0.05) is 24.4 Å². The van der Waals surface area contributed by atoms with Gasteiger partial charge >= 0.3 is 0 Å². The van der Waals surface area contributed by atoms with E-state index in [0.29, 0.717) is 30.2 Å². The van der Waals surface area contributed by atoms with Crippen LogP contribution in [0.5, 0.6) is 0 Å². The van der Waals surface area contributed by atoms with Crippen molar-refractivity contribution in [3.8, 4) is 0 Å². The van der Waals surface area contributed by atoms with E-state index < -0.39 is 0 Å². The van der Waals surface area contributed by atoms with Crippen molar-refractivity contribution in [2.45, 2.75) is 50.6 Å². The second-order valence-corrected chi connectivity index (χ2v) is 7.22. The number of ketones is 1. The molecule has 2 aromatic rings. The Hall–Kier alpha value is -1.67. The highest BCUT2D eigenvalue weighted by Gasteiger charge is 2.48. The van der Waals surface area contributed by atoms with Gasteiger partial charge in [0.1, 0.15) is 5.78 Å². The third-order valence-electron chi connectivity index (χ3n) is 6.21. The topological polar surface area (TPSA) is 20.3 Å². The van der Waals surface area contributed by atoms with Crippen LogP contribution in [0, 0.1) is 5.92 Å². The SMILES string of the molecule is CCC(=O)[C@H]1[C@@H](c2cccc3ccccc23)C[C@@H]2CC[C@H]1N2C. The summed E-state index contributed by atoms with van der Waals surface area (Å²) in [5, 5.41) is 2.62. The average molecular weight is 307 g/mol. The van der Waals surface area contributed by atoms with Crippen LogP contribution < -0.4 is 0 Å². The van der Waals surface area contributed by atoms with E-state index in [1.807, 2.05) is 6.92 Å². The van der Waals surface area contributed by atoms with Gasteiger partial charge in [-0.15, -0.1) is 0 Å².